The van der Waals surface area contributed by atoms with Crippen molar-refractivity contribution < 1.29 is 4.74 Å². The van der Waals surface area contributed by atoms with Gasteiger partial charge in [-0.25, -0.2) is 0 Å². The van der Waals surface area contributed by atoms with Gasteiger partial charge in [0.2, 0.25) is 0 Å². The summed E-state index contributed by atoms with van der Waals surface area (Å²) < 4.78 is 5.77. The lowest BCUT2D eigenvalue weighted by Crippen LogP contribution is -1.94. The van der Waals surface area contributed by atoms with Crippen molar-refractivity contribution >= 4 is 0 Å². The fourth-order valence-corrected chi connectivity index (χ4v) is 1.77. The molecule has 0 aromatic heterocycles. The quantitative estimate of drug-likeness (QED) is 0.725. The van der Waals surface area contributed by atoms with Gasteiger partial charge in [0.25, 0.3) is 0 Å². The highest BCUT2D eigenvalue weighted by molar-refractivity contribution is 5.54. The van der Waals surface area contributed by atoms with Crippen LogP contribution in [0, 0.1) is 0 Å². The highest BCUT2D eigenvalue weighted by Crippen LogP contribution is 2.36. The zero-order valence-electron chi connectivity index (χ0n) is 9.15. The predicted molar refractivity (Wildman–Crippen MR) is 65.0 cm³/mol. The number of rotatable bonds is 3. The van der Waals surface area contributed by atoms with Crippen LogP contribution >= 0.6 is 0 Å². The molecule has 1 aliphatic carbocycles. The maximum atomic E-state index is 5.77. The smallest absolute Gasteiger partial charge is 0.123 e. The zero-order chi connectivity index (χ0) is 10.1. The van der Waals surface area contributed by atoms with Gasteiger partial charge in [0.1, 0.15) is 12.4 Å². The fourth-order valence-electron chi connectivity index (χ4n) is 1.77. The summed E-state index contributed by atoms with van der Waals surface area (Å²) in [6, 6.07) is 16.5. The normalized spacial score (nSPS) is 11.2. The van der Waals surface area contributed by atoms with Gasteiger partial charge >= 0.3 is 0 Å². The van der Waals surface area contributed by atoms with E-state index in [-0.39, 0.29) is 6.15 Å². The van der Waals surface area contributed by atoms with Crippen molar-refractivity contribution in [1.82, 2.24) is 6.15 Å². The predicted octanol–water partition coefficient (Wildman–Crippen LogP) is 3.33. The molecule has 0 amide bonds. The van der Waals surface area contributed by atoms with Gasteiger partial charge in [-0.1, -0.05) is 42.5 Å². The van der Waals surface area contributed by atoms with Gasteiger partial charge in [-0.15, -0.1) is 0 Å². The molecule has 0 atom stereocenters. The van der Waals surface area contributed by atoms with Crippen LogP contribution in [0.5, 0.6) is 5.75 Å². The molecule has 82 valence electrons. The third-order valence-electron chi connectivity index (χ3n) is 2.71. The van der Waals surface area contributed by atoms with Crippen molar-refractivity contribution in [2.75, 3.05) is 0 Å². The Morgan fingerprint density at radius 3 is 2.56 bits per heavy atom. The Morgan fingerprint density at radius 1 is 0.938 bits per heavy atom. The van der Waals surface area contributed by atoms with Crippen LogP contribution in [0.15, 0.2) is 48.5 Å². The van der Waals surface area contributed by atoms with Gasteiger partial charge in [0, 0.05) is 12.0 Å². The van der Waals surface area contributed by atoms with Gasteiger partial charge in [0.05, 0.1) is 0 Å². The molecular formula is C14H15NO. The third-order valence-corrected chi connectivity index (χ3v) is 2.71. The van der Waals surface area contributed by atoms with E-state index in [1.54, 1.807) is 0 Å². The number of benzene rings is 2. The van der Waals surface area contributed by atoms with E-state index in [1.165, 1.54) is 16.7 Å². The summed E-state index contributed by atoms with van der Waals surface area (Å²) in [7, 11) is 0. The van der Waals surface area contributed by atoms with Crippen LogP contribution in [0.4, 0.5) is 0 Å². The molecule has 0 saturated heterocycles. The van der Waals surface area contributed by atoms with Crippen LogP contribution in [0.2, 0.25) is 0 Å². The summed E-state index contributed by atoms with van der Waals surface area (Å²) in [5, 5.41) is 0. The summed E-state index contributed by atoms with van der Waals surface area (Å²) in [6.07, 6.45) is 1.11. The first-order chi connectivity index (χ1) is 7.43. The van der Waals surface area contributed by atoms with E-state index in [0.29, 0.717) is 6.61 Å². The molecule has 16 heavy (non-hydrogen) atoms. The molecule has 3 N–H and O–H groups in total. The SMILES string of the molecule is N.c1ccc(COc2cccc3c2C3)cc1. The minimum atomic E-state index is 0. The molecule has 0 aliphatic heterocycles. The first-order valence-electron chi connectivity index (χ1n) is 5.21. The lowest BCUT2D eigenvalue weighted by atomic mass is 10.2. The number of ether oxygens (including phenoxy) is 1. The molecular weight excluding hydrogens is 198 g/mol. The van der Waals surface area contributed by atoms with Crippen LogP contribution in [0.1, 0.15) is 16.7 Å². The second-order valence-corrected chi connectivity index (χ2v) is 3.84. The monoisotopic (exact) mass is 213 g/mol. The lowest BCUT2D eigenvalue weighted by Gasteiger charge is -2.05. The number of fused-ring (bicyclic) bond motifs is 1. The maximum absolute atomic E-state index is 5.77. The molecule has 0 saturated carbocycles. The van der Waals surface area contributed by atoms with Gasteiger partial charge in [-0.2, -0.15) is 0 Å². The van der Waals surface area contributed by atoms with E-state index >= 15 is 0 Å². The Kier molecular flexibility index (Phi) is 2.93. The molecule has 0 spiro atoms. The van der Waals surface area contributed by atoms with Gasteiger partial charge in [0.15, 0.2) is 0 Å². The average molecular weight is 213 g/mol. The van der Waals surface area contributed by atoms with Gasteiger partial charge in [-0.3, -0.25) is 0 Å². The Hall–Kier alpha value is -1.80. The van der Waals surface area contributed by atoms with Crippen molar-refractivity contribution in [3.63, 3.8) is 0 Å². The molecule has 2 nitrogen and oxygen atoms in total. The third kappa shape index (κ3) is 2.07. The summed E-state index contributed by atoms with van der Waals surface area (Å²) >= 11 is 0. The molecule has 1 aliphatic rings. The van der Waals surface area contributed by atoms with Crippen LogP contribution in [-0.2, 0) is 13.0 Å². The number of hydrogen-bond acceptors (Lipinski definition) is 2. The highest BCUT2D eigenvalue weighted by atomic mass is 16.5. The molecule has 0 fully saturated rings. The summed E-state index contributed by atoms with van der Waals surface area (Å²) in [6.45, 7) is 0.664. The van der Waals surface area contributed by atoms with E-state index < -0.39 is 0 Å². The zero-order valence-corrected chi connectivity index (χ0v) is 9.15. The van der Waals surface area contributed by atoms with Crippen LogP contribution in [-0.4, -0.2) is 0 Å². The maximum Gasteiger partial charge on any atom is 0.123 e. The lowest BCUT2D eigenvalue weighted by molar-refractivity contribution is 0.305. The van der Waals surface area contributed by atoms with E-state index in [1.807, 2.05) is 18.2 Å². The number of hydrogen-bond donors (Lipinski definition) is 1. The van der Waals surface area contributed by atoms with Crippen LogP contribution in [0.3, 0.4) is 0 Å². The van der Waals surface area contributed by atoms with Crippen molar-refractivity contribution in [3.8, 4) is 5.75 Å². The second-order valence-electron chi connectivity index (χ2n) is 3.84. The van der Waals surface area contributed by atoms with Gasteiger partial charge < -0.3 is 10.9 Å². The van der Waals surface area contributed by atoms with Crippen LogP contribution < -0.4 is 10.9 Å². The highest BCUT2D eigenvalue weighted by Gasteiger charge is 2.20. The fraction of sp³-hybridized carbons (Fsp3) is 0.143. The van der Waals surface area contributed by atoms with E-state index in [9.17, 15) is 0 Å². The van der Waals surface area contributed by atoms with Crippen molar-refractivity contribution in [2.24, 2.45) is 0 Å². The van der Waals surface area contributed by atoms with E-state index in [2.05, 4.69) is 30.3 Å². The first kappa shape index (κ1) is 10.7. The molecule has 0 unspecified atom stereocenters. The Morgan fingerprint density at radius 2 is 1.75 bits per heavy atom. The Bertz CT molecular complexity index is 479. The molecule has 0 heterocycles. The van der Waals surface area contributed by atoms with Crippen molar-refractivity contribution in [2.45, 2.75) is 13.0 Å². The Labute approximate surface area is 95.5 Å². The summed E-state index contributed by atoms with van der Waals surface area (Å²) in [5.74, 6) is 1.05. The molecule has 2 heteroatoms. The molecule has 0 bridgehead atoms. The van der Waals surface area contributed by atoms with Crippen molar-refractivity contribution in [1.29, 1.82) is 0 Å². The van der Waals surface area contributed by atoms with Crippen LogP contribution in [0.25, 0.3) is 0 Å². The molecule has 3 rings (SSSR count). The van der Waals surface area contributed by atoms with Crippen molar-refractivity contribution in [3.05, 3.63) is 65.2 Å². The molecule has 2 aromatic rings. The van der Waals surface area contributed by atoms with Gasteiger partial charge in [-0.05, 0) is 17.2 Å². The standard InChI is InChI=1S/C14H12O.H3N/c1-2-5-11(6-3-1)10-15-14-8-4-7-12-9-13(12)14;/h1-8H,9-10H2;1H3. The Balaban J connectivity index is 0.000000963. The minimum absolute atomic E-state index is 0. The second kappa shape index (κ2) is 4.37. The largest absolute Gasteiger partial charge is 0.489 e. The summed E-state index contributed by atoms with van der Waals surface area (Å²) in [5.41, 5.74) is 4.03. The topological polar surface area (TPSA) is 44.2 Å². The minimum Gasteiger partial charge on any atom is -0.489 e. The molecule has 2 aromatic carbocycles. The summed E-state index contributed by atoms with van der Waals surface area (Å²) in [4.78, 5) is 0. The average Bonchev–Trinajstić information content (AvgIpc) is 3.07. The van der Waals surface area contributed by atoms with E-state index in [4.69, 9.17) is 4.74 Å². The molecule has 0 radical (unpaired) electrons. The van der Waals surface area contributed by atoms with E-state index in [0.717, 1.165) is 12.2 Å². The first-order valence-corrected chi connectivity index (χ1v) is 5.21.